The summed E-state index contributed by atoms with van der Waals surface area (Å²) in [4.78, 5) is 0.327. The number of azo groups is 1. The van der Waals surface area contributed by atoms with E-state index in [1.807, 2.05) is 0 Å². The number of rotatable bonds is 10. The minimum atomic E-state index is -5.42. The molecule has 0 unspecified atom stereocenters. The third-order valence-corrected chi connectivity index (χ3v) is 10.9. The Hall–Kier alpha value is -1.38. The molecule has 4 aromatic carbocycles. The van der Waals surface area contributed by atoms with Crippen molar-refractivity contribution in [3.05, 3.63) is 72.3 Å². The average Bonchev–Trinajstić information content (AvgIpc) is 2.95. The number of nitrogens with zero attached hydrogens (tertiary/aromatic N) is 3. The van der Waals surface area contributed by atoms with Crippen LogP contribution in [-0.2, 0) is 40.2 Å². The first-order valence-electron chi connectivity index (χ1n) is 12.1. The number of hydrogen-bond acceptors (Lipinski definition) is 13. The van der Waals surface area contributed by atoms with Crippen LogP contribution in [0.2, 0.25) is 0 Å². The third kappa shape index (κ3) is 9.68. The van der Waals surface area contributed by atoms with Gasteiger partial charge < -0.3 is 10.2 Å². The number of fused-ring (bicyclic) bond motifs is 1. The molecule has 23 heteroatoms. The van der Waals surface area contributed by atoms with Crippen molar-refractivity contribution in [1.29, 1.82) is 0 Å². The number of benzene rings is 4. The first-order valence-corrected chi connectivity index (χ1v) is 18.6. The van der Waals surface area contributed by atoms with Crippen LogP contribution in [0.25, 0.3) is 10.8 Å². The van der Waals surface area contributed by atoms with E-state index in [9.17, 15) is 57.5 Å². The van der Waals surface area contributed by atoms with Gasteiger partial charge in [-0.1, -0.05) is 30.0 Å². The van der Waals surface area contributed by atoms with Crippen molar-refractivity contribution in [2.24, 2.45) is 15.2 Å². The number of alkyl halides is 1. The fourth-order valence-electron chi connectivity index (χ4n) is 4.09. The van der Waals surface area contributed by atoms with E-state index in [0.717, 1.165) is 24.3 Å². The molecule has 0 aromatic heterocycles. The molecule has 0 atom stereocenters. The Morgan fingerprint density at radius 3 is 1.92 bits per heavy atom. The van der Waals surface area contributed by atoms with E-state index in [0.29, 0.717) is 12.1 Å². The minimum Gasteiger partial charge on any atom is -0.870 e. The zero-order valence-corrected chi connectivity index (χ0v) is 33.7. The summed E-state index contributed by atoms with van der Waals surface area (Å²) in [7, 11) is -19.4. The van der Waals surface area contributed by atoms with E-state index in [-0.39, 0.29) is 97.3 Å². The Balaban J connectivity index is 0.00000400. The molecule has 0 amide bonds. The summed E-state index contributed by atoms with van der Waals surface area (Å²) in [6, 6.07) is 10.9. The van der Waals surface area contributed by atoms with Gasteiger partial charge in [-0.05, 0) is 53.9 Å². The topological polar surface area (TPSA) is 280 Å². The van der Waals surface area contributed by atoms with Crippen LogP contribution in [0.1, 0.15) is 5.56 Å². The van der Waals surface area contributed by atoms with Crippen molar-refractivity contribution >= 4 is 85.5 Å². The van der Waals surface area contributed by atoms with Crippen molar-refractivity contribution in [3.8, 4) is 5.75 Å². The zero-order chi connectivity index (χ0) is 34.2. The monoisotopic (exact) mass is 793 g/mol. The maximum atomic E-state index is 13.7. The van der Waals surface area contributed by atoms with Gasteiger partial charge in [-0.3, -0.25) is 18.7 Å². The van der Waals surface area contributed by atoms with Gasteiger partial charge in [0, 0.05) is 16.7 Å². The van der Waals surface area contributed by atoms with Crippen molar-refractivity contribution in [1.82, 2.24) is 0 Å². The van der Waals surface area contributed by atoms with E-state index < -0.39 is 100 Å². The standard InChI is InChI=1S/C25H20ClN3O13S4.K.Na/c26-10-11-43(32,33)15-5-3-4-14(12-15)25(31)27-18-8-9-19(44(34,35)36)16-13-21(46(40,41)42)23(24(30)22(16)18)29-28-17-6-1-2-7-20(17)45(37,38)39;;/h1-9,12-13,30H,10-11H2,(H,27,31)(H,34,35,36)(H,37,38,39)(H,40,41,42);;/q;2*+1/p-2. The van der Waals surface area contributed by atoms with Gasteiger partial charge >= 0.3 is 80.9 Å². The largest absolute Gasteiger partial charge is 1.00 e. The zero-order valence-electron chi connectivity index (χ0n) is 24.5. The molecule has 0 aliphatic heterocycles. The maximum absolute atomic E-state index is 13.7. The molecule has 0 saturated carbocycles. The van der Waals surface area contributed by atoms with Gasteiger partial charge in [0.15, 0.2) is 9.84 Å². The van der Waals surface area contributed by atoms with Crippen LogP contribution in [0.15, 0.2) is 102 Å². The molecule has 0 fully saturated rings. The fourth-order valence-corrected chi connectivity index (χ4v) is 7.68. The molecule has 0 radical (unpaired) electrons. The molecular formula is C25H18ClKN3NaO13S4. The van der Waals surface area contributed by atoms with Crippen LogP contribution in [0.3, 0.4) is 0 Å². The van der Waals surface area contributed by atoms with Gasteiger partial charge in [-0.25, -0.2) is 8.42 Å². The first-order chi connectivity index (χ1) is 21.3. The van der Waals surface area contributed by atoms with Crippen molar-refractivity contribution in [3.63, 3.8) is 0 Å². The Morgan fingerprint density at radius 2 is 1.33 bits per heavy atom. The number of sulfone groups is 1. The molecule has 48 heavy (non-hydrogen) atoms. The molecule has 16 nitrogen and oxygen atoms in total. The van der Waals surface area contributed by atoms with Crippen LogP contribution >= 0.6 is 11.6 Å². The SMILES string of the molecule is O=S(=O)(O)c1ccccc1N=Nc1c(S(=O)(=O)O)cc2c(S(=O)(=O)O)ccc(N=C([O-])c3cccc(S(=O)(=O)CCCl)c3)c2c1[O-].[K+].[Na+]. The fraction of sp³-hybridized carbons (Fsp3) is 0.0800. The van der Waals surface area contributed by atoms with Crippen LogP contribution in [0, 0.1) is 0 Å². The third-order valence-electron chi connectivity index (χ3n) is 6.10. The maximum Gasteiger partial charge on any atom is 1.00 e. The van der Waals surface area contributed by atoms with E-state index in [1.54, 1.807) is 0 Å². The molecule has 0 spiro atoms. The molecule has 4 rings (SSSR count). The number of aliphatic imine (C=N–C) groups is 1. The Bertz CT molecular complexity index is 2410. The van der Waals surface area contributed by atoms with Gasteiger partial charge in [-0.15, -0.1) is 21.8 Å². The average molecular weight is 794 g/mol. The van der Waals surface area contributed by atoms with Gasteiger partial charge in [0.25, 0.3) is 30.4 Å². The predicted octanol–water partition coefficient (Wildman–Crippen LogP) is -3.47. The van der Waals surface area contributed by atoms with Crippen LogP contribution in [0.4, 0.5) is 17.1 Å². The first kappa shape index (κ1) is 42.8. The van der Waals surface area contributed by atoms with Gasteiger partial charge in [0.2, 0.25) is 0 Å². The number of halogens is 1. The van der Waals surface area contributed by atoms with Crippen LogP contribution < -0.4 is 91.2 Å². The predicted molar refractivity (Wildman–Crippen MR) is 159 cm³/mol. The normalized spacial score (nSPS) is 12.9. The summed E-state index contributed by atoms with van der Waals surface area (Å²) in [6.45, 7) is 0. The Labute approximate surface area is 343 Å². The van der Waals surface area contributed by atoms with E-state index in [2.05, 4.69) is 15.2 Å². The van der Waals surface area contributed by atoms with E-state index >= 15 is 0 Å². The second-order valence-electron chi connectivity index (χ2n) is 9.10. The summed E-state index contributed by atoms with van der Waals surface area (Å²) in [5, 5.41) is 32.2. The van der Waals surface area contributed by atoms with Crippen LogP contribution in [0.5, 0.6) is 5.75 Å². The second kappa shape index (κ2) is 16.3. The van der Waals surface area contributed by atoms with Crippen molar-refractivity contribution < 1.29 is 138 Å². The quantitative estimate of drug-likeness (QED) is 0.0352. The summed E-state index contributed by atoms with van der Waals surface area (Å²) in [5.41, 5.74) is -2.69. The molecule has 0 aliphatic carbocycles. The van der Waals surface area contributed by atoms with E-state index in [4.69, 9.17) is 11.6 Å². The molecule has 0 saturated heterocycles. The van der Waals surface area contributed by atoms with Gasteiger partial charge in [0.05, 0.1) is 22.0 Å². The van der Waals surface area contributed by atoms with Crippen molar-refractivity contribution in [2.75, 3.05) is 11.6 Å². The van der Waals surface area contributed by atoms with E-state index in [1.165, 1.54) is 30.3 Å². The summed E-state index contributed by atoms with van der Waals surface area (Å²) in [5.74, 6) is -3.34. The molecular weight excluding hydrogens is 776 g/mol. The molecule has 0 aliphatic rings. The molecule has 3 N–H and O–H groups in total. The molecule has 0 heterocycles. The Kier molecular flexibility index (Phi) is 14.5. The Morgan fingerprint density at radius 1 is 0.729 bits per heavy atom. The van der Waals surface area contributed by atoms with Gasteiger partial charge in [0.1, 0.15) is 20.4 Å². The second-order valence-corrected chi connectivity index (χ2v) is 15.8. The molecule has 0 bridgehead atoms. The smallest absolute Gasteiger partial charge is 0.870 e. The van der Waals surface area contributed by atoms with Crippen molar-refractivity contribution in [2.45, 2.75) is 19.6 Å². The minimum absolute atomic E-state index is 0. The number of hydrogen-bond donors (Lipinski definition) is 3. The summed E-state index contributed by atoms with van der Waals surface area (Å²) < 4.78 is 126. The van der Waals surface area contributed by atoms with Crippen LogP contribution in [-0.4, -0.2) is 64.9 Å². The van der Waals surface area contributed by atoms with Gasteiger partial charge in [-0.2, -0.15) is 25.3 Å². The molecule has 4 aromatic rings. The molecule has 244 valence electrons. The summed E-state index contributed by atoms with van der Waals surface area (Å²) >= 11 is 5.54. The summed E-state index contributed by atoms with van der Waals surface area (Å²) in [6.07, 6.45) is 0.